The van der Waals surface area contributed by atoms with Crippen molar-refractivity contribution in [3.63, 3.8) is 0 Å². The van der Waals surface area contributed by atoms with Gasteiger partial charge in [0.25, 0.3) is 0 Å². The first-order valence-corrected chi connectivity index (χ1v) is 10.6. The molecule has 0 saturated carbocycles. The lowest BCUT2D eigenvalue weighted by atomic mass is 9.88. The second-order valence-corrected chi connectivity index (χ2v) is 8.39. The van der Waals surface area contributed by atoms with Gasteiger partial charge in [-0.15, -0.1) is 0 Å². The number of benzene rings is 2. The molecule has 5 rings (SSSR count). The minimum absolute atomic E-state index is 0.169. The highest BCUT2D eigenvalue weighted by Gasteiger charge is 2.63. The second kappa shape index (κ2) is 7.58. The lowest BCUT2D eigenvalue weighted by Crippen LogP contribution is -2.48. The van der Waals surface area contributed by atoms with E-state index in [9.17, 15) is 19.2 Å². The molecule has 3 aliphatic rings. The van der Waals surface area contributed by atoms with Crippen molar-refractivity contribution in [2.24, 2.45) is 11.8 Å². The number of imide groups is 1. The minimum Gasteiger partial charge on any atom is -0.497 e. The Kier molecular flexibility index (Phi) is 4.81. The topological polar surface area (TPSA) is 93.2 Å². The van der Waals surface area contributed by atoms with Gasteiger partial charge in [0, 0.05) is 18.2 Å². The van der Waals surface area contributed by atoms with Gasteiger partial charge in [0.05, 0.1) is 30.7 Å². The highest BCUT2D eigenvalue weighted by molar-refractivity contribution is 6.24. The first-order valence-electron chi connectivity index (χ1n) is 10.6. The zero-order chi connectivity index (χ0) is 23.4. The molecule has 0 spiro atoms. The molecule has 2 amide bonds. The number of rotatable bonds is 4. The number of amides is 2. The van der Waals surface area contributed by atoms with Gasteiger partial charge in [-0.3, -0.25) is 19.2 Å². The predicted octanol–water partition coefficient (Wildman–Crippen LogP) is 2.60. The summed E-state index contributed by atoms with van der Waals surface area (Å²) in [7, 11) is 1.58. The van der Waals surface area contributed by atoms with Crippen molar-refractivity contribution in [2.45, 2.75) is 25.9 Å². The quantitative estimate of drug-likeness (QED) is 0.405. The number of anilines is 2. The zero-order valence-corrected chi connectivity index (χ0v) is 18.3. The van der Waals surface area contributed by atoms with Crippen LogP contribution in [0.1, 0.15) is 19.4 Å². The molecule has 0 N–H and O–H groups in total. The molecular weight excluding hydrogens is 424 g/mol. The summed E-state index contributed by atoms with van der Waals surface area (Å²) in [5.41, 5.74) is 2.06. The van der Waals surface area contributed by atoms with E-state index in [-0.39, 0.29) is 11.7 Å². The van der Waals surface area contributed by atoms with Crippen LogP contribution in [0.25, 0.3) is 6.08 Å². The van der Waals surface area contributed by atoms with Crippen molar-refractivity contribution >= 4 is 41.0 Å². The molecule has 4 unspecified atom stereocenters. The SMILES string of the molecule is COc1ccc2c(c1)C=CC1C3C(=O)N(c4ccc(OC(C)=O)cc4)C(=O)C3C(C(C)=O)N21. The van der Waals surface area contributed by atoms with Crippen molar-refractivity contribution < 1.29 is 28.7 Å². The molecule has 8 heteroatoms. The number of nitrogens with zero attached hydrogens (tertiary/aromatic N) is 2. The second-order valence-electron chi connectivity index (χ2n) is 8.39. The molecule has 33 heavy (non-hydrogen) atoms. The van der Waals surface area contributed by atoms with Crippen LogP contribution in [-0.2, 0) is 19.2 Å². The normalized spacial score (nSPS) is 24.9. The molecule has 2 aromatic rings. The zero-order valence-electron chi connectivity index (χ0n) is 18.3. The van der Waals surface area contributed by atoms with Crippen LogP contribution in [0.2, 0.25) is 0 Å². The summed E-state index contributed by atoms with van der Waals surface area (Å²) in [5, 5.41) is 0. The fourth-order valence-electron chi connectivity index (χ4n) is 5.22. The molecule has 2 saturated heterocycles. The Hall–Kier alpha value is -3.94. The number of ketones is 1. The van der Waals surface area contributed by atoms with Gasteiger partial charge in [0.2, 0.25) is 11.8 Å². The fraction of sp³-hybridized carbons (Fsp3) is 0.280. The first kappa shape index (κ1) is 20.9. The van der Waals surface area contributed by atoms with Gasteiger partial charge in [-0.2, -0.15) is 0 Å². The van der Waals surface area contributed by atoms with Crippen LogP contribution in [0, 0.1) is 11.8 Å². The highest BCUT2D eigenvalue weighted by Crippen LogP contribution is 2.49. The highest BCUT2D eigenvalue weighted by atomic mass is 16.5. The van der Waals surface area contributed by atoms with E-state index >= 15 is 0 Å². The maximum Gasteiger partial charge on any atom is 0.308 e. The molecule has 0 radical (unpaired) electrons. The molecule has 4 atom stereocenters. The molecule has 0 aliphatic carbocycles. The summed E-state index contributed by atoms with van der Waals surface area (Å²) in [6, 6.07) is 10.6. The average molecular weight is 446 g/mol. The van der Waals surface area contributed by atoms with Gasteiger partial charge >= 0.3 is 5.97 Å². The van der Waals surface area contributed by atoms with E-state index in [1.807, 2.05) is 29.2 Å². The van der Waals surface area contributed by atoms with E-state index in [0.29, 0.717) is 17.2 Å². The maximum atomic E-state index is 13.5. The van der Waals surface area contributed by atoms with Gasteiger partial charge in [0.15, 0.2) is 5.78 Å². The Morgan fingerprint density at radius 3 is 2.21 bits per heavy atom. The average Bonchev–Trinajstić information content (AvgIpc) is 3.26. The third kappa shape index (κ3) is 3.13. The fourth-order valence-corrected chi connectivity index (χ4v) is 5.22. The minimum atomic E-state index is -0.786. The van der Waals surface area contributed by atoms with E-state index in [4.69, 9.17) is 9.47 Å². The molecule has 0 bridgehead atoms. The predicted molar refractivity (Wildman–Crippen MR) is 120 cm³/mol. The third-order valence-corrected chi connectivity index (χ3v) is 6.49. The molecule has 168 valence electrons. The van der Waals surface area contributed by atoms with E-state index in [1.165, 1.54) is 26.0 Å². The lowest BCUT2D eigenvalue weighted by Gasteiger charge is -2.36. The van der Waals surface area contributed by atoms with E-state index in [0.717, 1.165) is 16.2 Å². The largest absolute Gasteiger partial charge is 0.497 e. The van der Waals surface area contributed by atoms with Crippen LogP contribution in [0.5, 0.6) is 11.5 Å². The van der Waals surface area contributed by atoms with Crippen molar-refractivity contribution in [3.8, 4) is 11.5 Å². The number of carbonyl (C=O) groups is 4. The molecule has 2 fully saturated rings. The Morgan fingerprint density at radius 2 is 1.58 bits per heavy atom. The van der Waals surface area contributed by atoms with E-state index < -0.39 is 35.8 Å². The van der Waals surface area contributed by atoms with Crippen LogP contribution >= 0.6 is 0 Å². The number of carbonyl (C=O) groups excluding carboxylic acids is 4. The van der Waals surface area contributed by atoms with Crippen molar-refractivity contribution in [2.75, 3.05) is 16.9 Å². The molecule has 8 nitrogen and oxygen atoms in total. The summed E-state index contributed by atoms with van der Waals surface area (Å²) in [6.45, 7) is 2.75. The summed E-state index contributed by atoms with van der Waals surface area (Å²) in [4.78, 5) is 54.1. The monoisotopic (exact) mass is 446 g/mol. The summed E-state index contributed by atoms with van der Waals surface area (Å²) in [6.07, 6.45) is 3.80. The van der Waals surface area contributed by atoms with E-state index in [2.05, 4.69) is 0 Å². The number of methoxy groups -OCH3 is 1. The number of hydrogen-bond acceptors (Lipinski definition) is 7. The van der Waals surface area contributed by atoms with Gasteiger partial charge in [0.1, 0.15) is 17.5 Å². The van der Waals surface area contributed by atoms with Gasteiger partial charge < -0.3 is 14.4 Å². The molecule has 0 aromatic heterocycles. The van der Waals surface area contributed by atoms with Crippen molar-refractivity contribution in [3.05, 3.63) is 54.1 Å². The molecule has 3 heterocycles. The smallest absolute Gasteiger partial charge is 0.308 e. The molecular formula is C25H22N2O6. The Balaban J connectivity index is 1.53. The van der Waals surface area contributed by atoms with Crippen LogP contribution in [0.15, 0.2) is 48.5 Å². The maximum absolute atomic E-state index is 13.5. The first-order chi connectivity index (χ1) is 15.8. The molecule has 3 aliphatic heterocycles. The third-order valence-electron chi connectivity index (χ3n) is 6.49. The Labute approximate surface area is 190 Å². The van der Waals surface area contributed by atoms with Crippen LogP contribution in [-0.4, -0.2) is 42.8 Å². The van der Waals surface area contributed by atoms with Gasteiger partial charge in [-0.05, 0) is 49.4 Å². The van der Waals surface area contributed by atoms with E-state index in [1.54, 1.807) is 25.3 Å². The van der Waals surface area contributed by atoms with Crippen molar-refractivity contribution in [1.29, 1.82) is 0 Å². The summed E-state index contributed by atoms with van der Waals surface area (Å²) < 4.78 is 10.3. The Morgan fingerprint density at radius 1 is 0.909 bits per heavy atom. The summed E-state index contributed by atoms with van der Waals surface area (Å²) in [5.74, 6) is -1.83. The number of hydrogen-bond donors (Lipinski definition) is 0. The number of Topliss-reactive ketones (excluding diaryl/α,β-unsaturated/α-hetero) is 1. The van der Waals surface area contributed by atoms with Gasteiger partial charge in [-0.25, -0.2) is 4.90 Å². The van der Waals surface area contributed by atoms with Crippen LogP contribution < -0.4 is 19.3 Å². The number of ether oxygens (including phenoxy) is 2. The van der Waals surface area contributed by atoms with Crippen molar-refractivity contribution in [1.82, 2.24) is 0 Å². The van der Waals surface area contributed by atoms with Gasteiger partial charge in [-0.1, -0.05) is 12.2 Å². The number of fused-ring (bicyclic) bond motifs is 5. The lowest BCUT2D eigenvalue weighted by molar-refractivity contribution is -0.132. The number of esters is 1. The Bertz CT molecular complexity index is 1220. The van der Waals surface area contributed by atoms with Crippen LogP contribution in [0.4, 0.5) is 11.4 Å². The summed E-state index contributed by atoms with van der Waals surface area (Å²) >= 11 is 0. The standard InChI is InChI=1S/C25H22N2O6/c1-13(28)23-22-21(20-10-4-15-12-18(32-3)9-11-19(15)27(20)23)24(30)26(25(22)31)16-5-7-17(8-6-16)33-14(2)29/h4-12,20-23H,1-3H3. The van der Waals surface area contributed by atoms with Crippen LogP contribution in [0.3, 0.4) is 0 Å². The molecule has 2 aromatic carbocycles.